The molecule has 92 valence electrons. The van der Waals surface area contributed by atoms with Crippen LogP contribution < -0.4 is 10.7 Å². The Hall–Kier alpha value is -1.69. The van der Waals surface area contributed by atoms with Gasteiger partial charge in [0.05, 0.1) is 5.71 Å². The van der Waals surface area contributed by atoms with Gasteiger partial charge in [-0.1, -0.05) is 0 Å². The smallest absolute Gasteiger partial charge is 0.186 e. The molecule has 6 heteroatoms. The first kappa shape index (κ1) is 13.4. The average Bonchev–Trinajstić information content (AvgIpc) is 2.29. The summed E-state index contributed by atoms with van der Waals surface area (Å²) in [6.45, 7) is 4.24. The van der Waals surface area contributed by atoms with Gasteiger partial charge in [-0.25, -0.2) is 4.39 Å². The lowest BCUT2D eigenvalue weighted by Crippen LogP contribution is -2.32. The summed E-state index contributed by atoms with van der Waals surface area (Å²) in [4.78, 5) is 0. The molecule has 1 aromatic carbocycles. The molecule has 3 N–H and O–H groups in total. The first-order chi connectivity index (χ1) is 8.04. The summed E-state index contributed by atoms with van der Waals surface area (Å²) in [5.74, 6) is -0.453. The first-order valence-electron chi connectivity index (χ1n) is 5.11. The van der Waals surface area contributed by atoms with E-state index in [9.17, 15) is 9.50 Å². The standard InChI is InChI=1S/C11H14FN3OS/c1-3-13-11(17)15-14-7(2)9-6-8(12)4-5-10(9)16/h4-6,16H,3H2,1-2H3,(H2,13,15,17)/b14-7+. The number of phenols is 1. The normalized spacial score (nSPS) is 11.1. The molecule has 17 heavy (non-hydrogen) atoms. The molecule has 0 aliphatic carbocycles. The summed E-state index contributed by atoms with van der Waals surface area (Å²) in [5.41, 5.74) is 3.38. The van der Waals surface area contributed by atoms with Crippen molar-refractivity contribution in [2.24, 2.45) is 5.10 Å². The molecule has 1 rings (SSSR count). The van der Waals surface area contributed by atoms with E-state index < -0.39 is 5.82 Å². The number of hydrazone groups is 1. The number of phenolic OH excluding ortho intramolecular Hbond substituents is 1. The Balaban J connectivity index is 2.81. The number of aromatic hydroxyl groups is 1. The minimum atomic E-state index is -0.429. The molecule has 0 aliphatic heterocycles. The van der Waals surface area contributed by atoms with Gasteiger partial charge < -0.3 is 10.4 Å². The van der Waals surface area contributed by atoms with Gasteiger partial charge >= 0.3 is 0 Å². The van der Waals surface area contributed by atoms with Crippen LogP contribution in [0.5, 0.6) is 5.75 Å². The van der Waals surface area contributed by atoms with Crippen molar-refractivity contribution in [2.45, 2.75) is 13.8 Å². The van der Waals surface area contributed by atoms with Crippen LogP contribution in [-0.4, -0.2) is 22.5 Å². The van der Waals surface area contributed by atoms with Gasteiger partial charge in [0.15, 0.2) is 5.11 Å². The van der Waals surface area contributed by atoms with Crippen LogP contribution in [0.4, 0.5) is 4.39 Å². The summed E-state index contributed by atoms with van der Waals surface area (Å²) < 4.78 is 13.0. The van der Waals surface area contributed by atoms with Gasteiger partial charge in [-0.3, -0.25) is 5.43 Å². The number of nitrogens with zero attached hydrogens (tertiary/aromatic N) is 1. The second-order valence-electron chi connectivity index (χ2n) is 3.33. The monoisotopic (exact) mass is 255 g/mol. The summed E-state index contributed by atoms with van der Waals surface area (Å²) >= 11 is 4.91. The minimum Gasteiger partial charge on any atom is -0.507 e. The fourth-order valence-corrected chi connectivity index (χ4v) is 1.38. The van der Waals surface area contributed by atoms with Gasteiger partial charge in [0.25, 0.3) is 0 Å². The Bertz CT molecular complexity index is 448. The molecule has 0 fully saturated rings. The van der Waals surface area contributed by atoms with E-state index in [0.29, 0.717) is 22.9 Å². The summed E-state index contributed by atoms with van der Waals surface area (Å²) in [7, 11) is 0. The molecule has 1 aromatic rings. The highest BCUT2D eigenvalue weighted by Crippen LogP contribution is 2.18. The topological polar surface area (TPSA) is 56.7 Å². The van der Waals surface area contributed by atoms with E-state index in [1.54, 1.807) is 6.92 Å². The first-order valence-corrected chi connectivity index (χ1v) is 5.52. The third-order valence-electron chi connectivity index (χ3n) is 2.01. The molecule has 0 saturated carbocycles. The molecule has 0 aliphatic rings. The number of benzene rings is 1. The van der Waals surface area contributed by atoms with Crippen LogP contribution >= 0.6 is 12.2 Å². The van der Waals surface area contributed by atoms with Crippen molar-refractivity contribution in [2.75, 3.05) is 6.54 Å². The molecule has 0 atom stereocenters. The molecule has 0 spiro atoms. The lowest BCUT2D eigenvalue weighted by atomic mass is 10.1. The fourth-order valence-electron chi connectivity index (χ4n) is 1.19. The lowest BCUT2D eigenvalue weighted by molar-refractivity contribution is 0.471. The number of halogens is 1. The molecule has 0 saturated heterocycles. The maximum Gasteiger partial charge on any atom is 0.186 e. The SMILES string of the molecule is CCNC(=S)N/N=C(\C)c1cc(F)ccc1O. The Morgan fingerprint density at radius 3 is 2.88 bits per heavy atom. The number of nitrogens with one attached hydrogen (secondary N) is 2. The van der Waals surface area contributed by atoms with E-state index in [0.717, 1.165) is 0 Å². The third-order valence-corrected chi connectivity index (χ3v) is 2.25. The van der Waals surface area contributed by atoms with Crippen molar-refractivity contribution in [3.8, 4) is 5.75 Å². The van der Waals surface area contributed by atoms with Gasteiger partial charge in [-0.15, -0.1) is 0 Å². The van der Waals surface area contributed by atoms with Gasteiger partial charge in [0.1, 0.15) is 11.6 Å². The number of hydrogen-bond donors (Lipinski definition) is 3. The van der Waals surface area contributed by atoms with E-state index in [2.05, 4.69) is 15.8 Å². The van der Waals surface area contributed by atoms with Gasteiger partial charge in [0, 0.05) is 12.1 Å². The number of thiocarbonyl (C=S) groups is 1. The van der Waals surface area contributed by atoms with Gasteiger partial charge in [-0.2, -0.15) is 5.10 Å². The van der Waals surface area contributed by atoms with Crippen LogP contribution in [0.1, 0.15) is 19.4 Å². The van der Waals surface area contributed by atoms with Crippen LogP contribution in [0, 0.1) is 5.82 Å². The molecule has 0 aromatic heterocycles. The minimum absolute atomic E-state index is 0.0242. The highest BCUT2D eigenvalue weighted by molar-refractivity contribution is 7.80. The molecule has 4 nitrogen and oxygen atoms in total. The lowest BCUT2D eigenvalue weighted by Gasteiger charge is -2.07. The zero-order chi connectivity index (χ0) is 12.8. The highest BCUT2D eigenvalue weighted by Gasteiger charge is 2.06. The van der Waals surface area contributed by atoms with E-state index in [-0.39, 0.29) is 5.75 Å². The summed E-state index contributed by atoms with van der Waals surface area (Å²) in [6.07, 6.45) is 0. The maximum absolute atomic E-state index is 13.0. The summed E-state index contributed by atoms with van der Waals surface area (Å²) in [6, 6.07) is 3.68. The molecular formula is C11H14FN3OS. The second kappa shape index (κ2) is 6.15. The Morgan fingerprint density at radius 1 is 1.53 bits per heavy atom. The van der Waals surface area contributed by atoms with Crippen molar-refractivity contribution in [3.05, 3.63) is 29.6 Å². The van der Waals surface area contributed by atoms with Crippen LogP contribution in [0.15, 0.2) is 23.3 Å². The molecule has 0 bridgehead atoms. The summed E-state index contributed by atoms with van der Waals surface area (Å²) in [5, 5.41) is 16.7. The largest absolute Gasteiger partial charge is 0.507 e. The van der Waals surface area contributed by atoms with Crippen LogP contribution in [0.2, 0.25) is 0 Å². The molecule has 0 radical (unpaired) electrons. The van der Waals surface area contributed by atoms with Crippen molar-refractivity contribution in [1.82, 2.24) is 10.7 Å². The molecular weight excluding hydrogens is 241 g/mol. The highest BCUT2D eigenvalue weighted by atomic mass is 32.1. The van der Waals surface area contributed by atoms with E-state index in [1.807, 2.05) is 6.92 Å². The van der Waals surface area contributed by atoms with Crippen molar-refractivity contribution >= 4 is 23.0 Å². The zero-order valence-electron chi connectivity index (χ0n) is 9.62. The van der Waals surface area contributed by atoms with Crippen LogP contribution in [0.25, 0.3) is 0 Å². The van der Waals surface area contributed by atoms with E-state index in [4.69, 9.17) is 12.2 Å². The second-order valence-corrected chi connectivity index (χ2v) is 3.74. The Labute approximate surface area is 105 Å². The number of hydrogen-bond acceptors (Lipinski definition) is 3. The molecule has 0 amide bonds. The van der Waals surface area contributed by atoms with Crippen LogP contribution in [0.3, 0.4) is 0 Å². The Kier molecular flexibility index (Phi) is 4.84. The maximum atomic E-state index is 13.0. The Morgan fingerprint density at radius 2 is 2.24 bits per heavy atom. The van der Waals surface area contributed by atoms with Gasteiger partial charge in [0.2, 0.25) is 0 Å². The van der Waals surface area contributed by atoms with E-state index >= 15 is 0 Å². The zero-order valence-corrected chi connectivity index (χ0v) is 10.4. The third kappa shape index (κ3) is 3.99. The van der Waals surface area contributed by atoms with Gasteiger partial charge in [-0.05, 0) is 44.3 Å². The fraction of sp³-hybridized carbons (Fsp3) is 0.273. The molecule has 0 heterocycles. The van der Waals surface area contributed by atoms with Crippen molar-refractivity contribution in [3.63, 3.8) is 0 Å². The predicted octanol–water partition coefficient (Wildman–Crippen LogP) is 1.74. The average molecular weight is 255 g/mol. The van der Waals surface area contributed by atoms with Crippen molar-refractivity contribution in [1.29, 1.82) is 0 Å². The predicted molar refractivity (Wildman–Crippen MR) is 69.7 cm³/mol. The van der Waals surface area contributed by atoms with Crippen LogP contribution in [-0.2, 0) is 0 Å². The van der Waals surface area contributed by atoms with E-state index in [1.165, 1.54) is 18.2 Å². The van der Waals surface area contributed by atoms with Crippen molar-refractivity contribution < 1.29 is 9.50 Å². The number of rotatable bonds is 3. The quantitative estimate of drug-likeness (QED) is 0.437. The molecule has 0 unspecified atom stereocenters.